The number of aryl methyl sites for hydroxylation is 2. The van der Waals surface area contributed by atoms with Gasteiger partial charge in [0.25, 0.3) is 5.91 Å². The molecule has 1 N–H and O–H groups in total. The summed E-state index contributed by atoms with van der Waals surface area (Å²) < 4.78 is 0. The van der Waals surface area contributed by atoms with Crippen molar-refractivity contribution in [2.24, 2.45) is 17.8 Å². The fourth-order valence-electron chi connectivity index (χ4n) is 4.45. The maximum Gasteiger partial charge on any atom is 0.265 e. The summed E-state index contributed by atoms with van der Waals surface area (Å²) >= 11 is 1.47. The molecule has 6 nitrogen and oxygen atoms in total. The van der Waals surface area contributed by atoms with Gasteiger partial charge in [-0.05, 0) is 62.6 Å². The second-order valence-electron chi connectivity index (χ2n) is 7.85. The highest BCUT2D eigenvalue weighted by molar-refractivity contribution is 7.13. The van der Waals surface area contributed by atoms with E-state index < -0.39 is 0 Å². The molecule has 0 aromatic carbocycles. The largest absolute Gasteiger partial charge is 0.356 e. The Balaban J connectivity index is 1.31. The van der Waals surface area contributed by atoms with Crippen molar-refractivity contribution in [1.29, 1.82) is 0 Å². The van der Waals surface area contributed by atoms with Gasteiger partial charge in [-0.15, -0.1) is 11.3 Å². The van der Waals surface area contributed by atoms with Crippen LogP contribution in [0.5, 0.6) is 0 Å². The van der Waals surface area contributed by atoms with Gasteiger partial charge in [-0.1, -0.05) is 0 Å². The SMILES string of the molecule is Cc1nc(C)c(C(=O)N2CC[C@@H]3C[C@@H](C(=O)NCCc4ccncc4)[C@@H]3C2)s1. The first-order chi connectivity index (χ1) is 13.5. The fourth-order valence-corrected chi connectivity index (χ4v) is 5.34. The molecule has 0 radical (unpaired) electrons. The van der Waals surface area contributed by atoms with Gasteiger partial charge in [-0.3, -0.25) is 14.6 Å². The van der Waals surface area contributed by atoms with Gasteiger partial charge >= 0.3 is 0 Å². The van der Waals surface area contributed by atoms with Crippen molar-refractivity contribution in [2.75, 3.05) is 19.6 Å². The second kappa shape index (κ2) is 7.99. The molecule has 1 aliphatic heterocycles. The van der Waals surface area contributed by atoms with E-state index in [9.17, 15) is 9.59 Å². The Hall–Kier alpha value is -2.28. The zero-order chi connectivity index (χ0) is 19.7. The number of rotatable bonds is 5. The lowest BCUT2D eigenvalue weighted by Gasteiger charge is -2.50. The van der Waals surface area contributed by atoms with E-state index in [2.05, 4.69) is 15.3 Å². The van der Waals surface area contributed by atoms with Gasteiger partial charge in [0.15, 0.2) is 0 Å². The van der Waals surface area contributed by atoms with E-state index in [0.717, 1.165) is 41.4 Å². The number of hydrogen-bond donors (Lipinski definition) is 1. The number of carbonyl (C=O) groups excluding carboxylic acids is 2. The molecular weight excluding hydrogens is 372 g/mol. The van der Waals surface area contributed by atoms with Crippen LogP contribution in [0.3, 0.4) is 0 Å². The summed E-state index contributed by atoms with van der Waals surface area (Å²) in [4.78, 5) is 36.6. The molecule has 2 aromatic heterocycles. The van der Waals surface area contributed by atoms with Crippen molar-refractivity contribution >= 4 is 23.2 Å². The van der Waals surface area contributed by atoms with E-state index in [-0.39, 0.29) is 23.7 Å². The summed E-state index contributed by atoms with van der Waals surface area (Å²) in [6, 6.07) is 3.94. The van der Waals surface area contributed by atoms with Crippen LogP contribution in [0.1, 0.15) is 38.8 Å². The summed E-state index contributed by atoms with van der Waals surface area (Å²) in [5.74, 6) is 1.10. The molecule has 2 aliphatic rings. The van der Waals surface area contributed by atoms with E-state index in [4.69, 9.17) is 0 Å². The molecular formula is C21H26N4O2S. The highest BCUT2D eigenvalue weighted by Gasteiger charge is 2.48. The Bertz CT molecular complexity index is 867. The summed E-state index contributed by atoms with van der Waals surface area (Å²) in [7, 11) is 0. The molecule has 2 amide bonds. The van der Waals surface area contributed by atoms with E-state index >= 15 is 0 Å². The molecule has 4 rings (SSSR count). The Morgan fingerprint density at radius 3 is 2.79 bits per heavy atom. The van der Waals surface area contributed by atoms with Crippen LogP contribution in [0.25, 0.3) is 0 Å². The number of fused-ring (bicyclic) bond motifs is 1. The van der Waals surface area contributed by atoms with Crippen LogP contribution in [0.2, 0.25) is 0 Å². The molecule has 0 spiro atoms. The lowest BCUT2D eigenvalue weighted by Crippen LogP contribution is -2.56. The van der Waals surface area contributed by atoms with Gasteiger partial charge in [0.05, 0.1) is 10.7 Å². The number of nitrogens with zero attached hydrogens (tertiary/aromatic N) is 3. The van der Waals surface area contributed by atoms with E-state index in [1.807, 2.05) is 30.9 Å². The van der Waals surface area contributed by atoms with Crippen LogP contribution < -0.4 is 5.32 Å². The average molecular weight is 399 g/mol. The molecule has 3 heterocycles. The predicted octanol–water partition coefficient (Wildman–Crippen LogP) is 2.61. The van der Waals surface area contributed by atoms with E-state index in [0.29, 0.717) is 19.0 Å². The molecule has 148 valence electrons. The fraction of sp³-hybridized carbons (Fsp3) is 0.524. The quantitative estimate of drug-likeness (QED) is 0.840. The second-order valence-corrected chi connectivity index (χ2v) is 9.05. The van der Waals surface area contributed by atoms with Crippen molar-refractivity contribution in [1.82, 2.24) is 20.2 Å². The first-order valence-electron chi connectivity index (χ1n) is 9.93. The highest BCUT2D eigenvalue weighted by Crippen LogP contribution is 2.46. The number of hydrogen-bond acceptors (Lipinski definition) is 5. The standard InChI is InChI=1S/C21H26N4O2S/c1-13-19(28-14(2)24-13)21(27)25-10-6-16-11-17(18(16)12-25)20(26)23-9-5-15-3-7-22-8-4-15/h3-4,7-8,16-18H,5-6,9-12H2,1-2H3,(H,23,26)/t16-,17-,18-/m1/s1. The predicted molar refractivity (Wildman–Crippen MR) is 108 cm³/mol. The molecule has 7 heteroatoms. The molecule has 0 unspecified atom stereocenters. The lowest BCUT2D eigenvalue weighted by atomic mass is 9.61. The van der Waals surface area contributed by atoms with Crippen molar-refractivity contribution in [3.05, 3.63) is 45.7 Å². The molecule has 1 aliphatic carbocycles. The lowest BCUT2D eigenvalue weighted by molar-refractivity contribution is -0.136. The van der Waals surface area contributed by atoms with Gasteiger partial charge in [0.1, 0.15) is 4.88 Å². The maximum absolute atomic E-state index is 12.9. The summed E-state index contributed by atoms with van der Waals surface area (Å²) in [5, 5.41) is 4.01. The van der Waals surface area contributed by atoms with Crippen molar-refractivity contribution in [3.8, 4) is 0 Å². The normalized spacial score (nSPS) is 23.6. The van der Waals surface area contributed by atoms with Gasteiger partial charge < -0.3 is 10.2 Å². The monoisotopic (exact) mass is 398 g/mol. The smallest absolute Gasteiger partial charge is 0.265 e. The first-order valence-corrected chi connectivity index (χ1v) is 10.7. The van der Waals surface area contributed by atoms with Crippen LogP contribution in [0.4, 0.5) is 0 Å². The number of aromatic nitrogens is 2. The molecule has 1 saturated heterocycles. The number of nitrogens with one attached hydrogen (secondary N) is 1. The van der Waals surface area contributed by atoms with Crippen LogP contribution in [0, 0.1) is 31.6 Å². The zero-order valence-corrected chi connectivity index (χ0v) is 17.2. The number of piperidine rings is 1. The van der Waals surface area contributed by atoms with E-state index in [1.54, 1.807) is 12.4 Å². The van der Waals surface area contributed by atoms with Gasteiger partial charge in [-0.25, -0.2) is 4.98 Å². The van der Waals surface area contributed by atoms with Gasteiger partial charge in [0, 0.05) is 37.9 Å². The zero-order valence-electron chi connectivity index (χ0n) is 16.4. The van der Waals surface area contributed by atoms with Crippen LogP contribution in [-0.2, 0) is 11.2 Å². The molecule has 2 fully saturated rings. The number of thiazole rings is 1. The average Bonchev–Trinajstić information content (AvgIpc) is 3.01. The third kappa shape index (κ3) is 3.81. The highest BCUT2D eigenvalue weighted by atomic mass is 32.1. The van der Waals surface area contributed by atoms with Crippen molar-refractivity contribution in [2.45, 2.75) is 33.1 Å². The van der Waals surface area contributed by atoms with Crippen molar-refractivity contribution < 1.29 is 9.59 Å². The Morgan fingerprint density at radius 2 is 2.07 bits per heavy atom. The minimum Gasteiger partial charge on any atom is -0.356 e. The van der Waals surface area contributed by atoms with Gasteiger partial charge in [-0.2, -0.15) is 0 Å². The minimum atomic E-state index is 0.0299. The molecule has 1 saturated carbocycles. The third-order valence-corrected chi connectivity index (χ3v) is 7.12. The summed E-state index contributed by atoms with van der Waals surface area (Å²) in [5.41, 5.74) is 1.99. The molecule has 2 aromatic rings. The van der Waals surface area contributed by atoms with Crippen LogP contribution in [-0.4, -0.2) is 46.3 Å². The number of carbonyl (C=O) groups is 2. The third-order valence-electron chi connectivity index (χ3n) is 6.06. The Morgan fingerprint density at radius 1 is 1.29 bits per heavy atom. The van der Waals surface area contributed by atoms with Crippen LogP contribution in [0.15, 0.2) is 24.5 Å². The Labute approximate surface area is 169 Å². The van der Waals surface area contributed by atoms with Crippen molar-refractivity contribution in [3.63, 3.8) is 0 Å². The number of pyridine rings is 1. The summed E-state index contributed by atoms with van der Waals surface area (Å²) in [6.45, 7) is 5.93. The molecule has 0 bridgehead atoms. The number of likely N-dealkylation sites (tertiary alicyclic amines) is 1. The van der Waals surface area contributed by atoms with E-state index in [1.165, 1.54) is 16.9 Å². The molecule has 3 atom stereocenters. The number of amides is 2. The van der Waals surface area contributed by atoms with Crippen LogP contribution >= 0.6 is 11.3 Å². The Kier molecular flexibility index (Phi) is 5.44. The first kappa shape index (κ1) is 19.1. The molecule has 28 heavy (non-hydrogen) atoms. The maximum atomic E-state index is 12.9. The summed E-state index contributed by atoms with van der Waals surface area (Å²) in [6.07, 6.45) is 6.30. The minimum absolute atomic E-state index is 0.0299. The topological polar surface area (TPSA) is 75.2 Å². The van der Waals surface area contributed by atoms with Gasteiger partial charge in [0.2, 0.25) is 5.91 Å².